The Labute approximate surface area is 126 Å². The highest BCUT2D eigenvalue weighted by molar-refractivity contribution is 7.87. The monoisotopic (exact) mass is 322 g/mol. The molecule has 0 radical (unpaired) electrons. The van der Waals surface area contributed by atoms with Crippen LogP contribution in [0, 0.1) is 5.92 Å². The fourth-order valence-corrected chi connectivity index (χ4v) is 3.49. The molecule has 7 nitrogen and oxygen atoms in total. The zero-order valence-corrected chi connectivity index (χ0v) is 13.6. The Hall–Kier alpha value is -0.700. The van der Waals surface area contributed by atoms with Crippen LogP contribution < -0.4 is 4.72 Å². The standard InChI is InChI=1S/C13H26N2O5S/c1-3-12(16)5-8-14-21(18,19)15-9-6-11(7-10-15)13(17)20-4-2/h11-12,14,16H,3-10H2,1-2H3. The minimum Gasteiger partial charge on any atom is -0.466 e. The predicted molar refractivity (Wildman–Crippen MR) is 78.8 cm³/mol. The van der Waals surface area contributed by atoms with Crippen LogP contribution in [-0.4, -0.2) is 56.1 Å². The summed E-state index contributed by atoms with van der Waals surface area (Å²) in [5, 5.41) is 9.41. The van der Waals surface area contributed by atoms with Crippen molar-refractivity contribution in [2.75, 3.05) is 26.2 Å². The fourth-order valence-electron chi connectivity index (χ4n) is 2.24. The number of rotatable bonds is 8. The third-order valence-electron chi connectivity index (χ3n) is 3.65. The highest BCUT2D eigenvalue weighted by Crippen LogP contribution is 2.20. The molecule has 0 spiro atoms. The summed E-state index contributed by atoms with van der Waals surface area (Å²) >= 11 is 0. The first kappa shape index (κ1) is 18.3. The van der Waals surface area contributed by atoms with E-state index in [1.165, 1.54) is 4.31 Å². The van der Waals surface area contributed by atoms with Gasteiger partial charge >= 0.3 is 5.97 Å². The Morgan fingerprint density at radius 3 is 2.52 bits per heavy atom. The number of ether oxygens (including phenoxy) is 1. The first-order valence-electron chi connectivity index (χ1n) is 7.50. The summed E-state index contributed by atoms with van der Waals surface area (Å²) in [6, 6.07) is 0. The largest absolute Gasteiger partial charge is 0.466 e. The van der Waals surface area contributed by atoms with Crippen LogP contribution in [0.1, 0.15) is 39.5 Å². The zero-order valence-electron chi connectivity index (χ0n) is 12.7. The average Bonchev–Trinajstić information content (AvgIpc) is 2.47. The van der Waals surface area contributed by atoms with E-state index in [1.807, 2.05) is 6.92 Å². The molecule has 8 heteroatoms. The van der Waals surface area contributed by atoms with Crippen molar-refractivity contribution in [3.05, 3.63) is 0 Å². The Kier molecular flexibility index (Phi) is 7.58. The molecule has 0 aliphatic carbocycles. The molecule has 0 saturated carbocycles. The summed E-state index contributed by atoms with van der Waals surface area (Å²) in [5.41, 5.74) is 0. The molecule has 1 unspecified atom stereocenters. The molecule has 1 rings (SSSR count). The summed E-state index contributed by atoms with van der Waals surface area (Å²) in [4.78, 5) is 11.6. The quantitative estimate of drug-likeness (QED) is 0.625. The number of aliphatic hydroxyl groups excluding tert-OH is 1. The lowest BCUT2D eigenvalue weighted by molar-refractivity contribution is -0.149. The van der Waals surface area contributed by atoms with E-state index in [9.17, 15) is 18.3 Å². The van der Waals surface area contributed by atoms with Crippen molar-refractivity contribution in [3.63, 3.8) is 0 Å². The number of carbonyl (C=O) groups excluding carboxylic acids is 1. The van der Waals surface area contributed by atoms with Crippen LogP contribution in [-0.2, 0) is 19.7 Å². The summed E-state index contributed by atoms with van der Waals surface area (Å²) in [7, 11) is -3.53. The van der Waals surface area contributed by atoms with Crippen molar-refractivity contribution in [2.24, 2.45) is 5.92 Å². The second kappa shape index (κ2) is 8.67. The van der Waals surface area contributed by atoms with Gasteiger partial charge in [-0.25, -0.2) is 4.72 Å². The first-order valence-corrected chi connectivity index (χ1v) is 8.94. The molecule has 124 valence electrons. The molecule has 0 amide bonds. The van der Waals surface area contributed by atoms with E-state index in [2.05, 4.69) is 4.72 Å². The van der Waals surface area contributed by atoms with E-state index >= 15 is 0 Å². The number of aliphatic hydroxyl groups is 1. The maximum absolute atomic E-state index is 12.1. The molecular formula is C13H26N2O5S. The van der Waals surface area contributed by atoms with Gasteiger partial charge < -0.3 is 9.84 Å². The molecule has 1 aliphatic heterocycles. The Balaban J connectivity index is 2.39. The normalized spacial score (nSPS) is 19.4. The van der Waals surface area contributed by atoms with Crippen LogP contribution in [0.25, 0.3) is 0 Å². The molecule has 21 heavy (non-hydrogen) atoms. The van der Waals surface area contributed by atoms with Crippen molar-refractivity contribution in [1.29, 1.82) is 0 Å². The van der Waals surface area contributed by atoms with Crippen molar-refractivity contribution in [2.45, 2.75) is 45.6 Å². The first-order chi connectivity index (χ1) is 9.90. The highest BCUT2D eigenvalue weighted by atomic mass is 32.2. The van der Waals surface area contributed by atoms with Gasteiger partial charge in [-0.2, -0.15) is 12.7 Å². The van der Waals surface area contributed by atoms with Gasteiger partial charge in [-0.1, -0.05) is 6.92 Å². The molecule has 1 atom stereocenters. The number of nitrogens with one attached hydrogen (secondary N) is 1. The molecule has 0 bridgehead atoms. The number of esters is 1. The van der Waals surface area contributed by atoms with Gasteiger partial charge in [0.1, 0.15) is 0 Å². The van der Waals surface area contributed by atoms with E-state index in [1.54, 1.807) is 6.92 Å². The number of carbonyl (C=O) groups is 1. The van der Waals surface area contributed by atoms with Crippen molar-refractivity contribution in [3.8, 4) is 0 Å². The molecule has 1 heterocycles. The van der Waals surface area contributed by atoms with Crippen LogP contribution >= 0.6 is 0 Å². The highest BCUT2D eigenvalue weighted by Gasteiger charge is 2.31. The number of nitrogens with zero attached hydrogens (tertiary/aromatic N) is 1. The van der Waals surface area contributed by atoms with Gasteiger partial charge in [-0.15, -0.1) is 0 Å². The molecule has 2 N–H and O–H groups in total. The van der Waals surface area contributed by atoms with E-state index in [-0.39, 0.29) is 18.4 Å². The topological polar surface area (TPSA) is 95.9 Å². The summed E-state index contributed by atoms with van der Waals surface area (Å²) in [5.74, 6) is -0.452. The van der Waals surface area contributed by atoms with Gasteiger partial charge in [0.25, 0.3) is 10.2 Å². The lowest BCUT2D eigenvalue weighted by atomic mass is 9.98. The Bertz CT molecular complexity index is 418. The van der Waals surface area contributed by atoms with Gasteiger partial charge in [0.05, 0.1) is 18.6 Å². The summed E-state index contributed by atoms with van der Waals surface area (Å²) in [6.45, 7) is 4.80. The molecule has 0 aromatic heterocycles. The van der Waals surface area contributed by atoms with E-state index < -0.39 is 16.3 Å². The Morgan fingerprint density at radius 2 is 2.00 bits per heavy atom. The second-order valence-electron chi connectivity index (χ2n) is 5.18. The average molecular weight is 322 g/mol. The van der Waals surface area contributed by atoms with E-state index in [4.69, 9.17) is 4.74 Å². The lowest BCUT2D eigenvalue weighted by Gasteiger charge is -2.30. The molecule has 1 saturated heterocycles. The maximum Gasteiger partial charge on any atom is 0.309 e. The molecule has 0 aromatic rings. The lowest BCUT2D eigenvalue weighted by Crippen LogP contribution is -2.46. The van der Waals surface area contributed by atoms with Crippen LogP contribution in [0.3, 0.4) is 0 Å². The minimum atomic E-state index is -3.53. The van der Waals surface area contributed by atoms with Gasteiger partial charge in [0.15, 0.2) is 0 Å². The summed E-state index contributed by atoms with van der Waals surface area (Å²) in [6.07, 6.45) is 1.48. The van der Waals surface area contributed by atoms with Crippen molar-refractivity contribution in [1.82, 2.24) is 9.03 Å². The smallest absolute Gasteiger partial charge is 0.309 e. The van der Waals surface area contributed by atoms with Crippen molar-refractivity contribution < 1.29 is 23.1 Å². The van der Waals surface area contributed by atoms with Gasteiger partial charge in [-0.05, 0) is 32.6 Å². The van der Waals surface area contributed by atoms with Crippen LogP contribution in [0.2, 0.25) is 0 Å². The SMILES string of the molecule is CCOC(=O)C1CCN(S(=O)(=O)NCCC(O)CC)CC1. The van der Waals surface area contributed by atoms with Crippen molar-refractivity contribution >= 4 is 16.2 Å². The molecule has 0 aromatic carbocycles. The number of piperidine rings is 1. The maximum atomic E-state index is 12.1. The number of hydrogen-bond acceptors (Lipinski definition) is 5. The molecular weight excluding hydrogens is 296 g/mol. The molecule has 1 fully saturated rings. The molecule has 1 aliphatic rings. The minimum absolute atomic E-state index is 0.210. The van der Waals surface area contributed by atoms with Crippen LogP contribution in [0.15, 0.2) is 0 Å². The number of hydrogen-bond donors (Lipinski definition) is 2. The van der Waals surface area contributed by atoms with E-state index in [0.29, 0.717) is 45.4 Å². The Morgan fingerprint density at radius 1 is 1.38 bits per heavy atom. The summed E-state index contributed by atoms with van der Waals surface area (Å²) < 4.78 is 32.9. The van der Waals surface area contributed by atoms with Crippen LogP contribution in [0.5, 0.6) is 0 Å². The van der Waals surface area contributed by atoms with Gasteiger partial charge in [-0.3, -0.25) is 4.79 Å². The third-order valence-corrected chi connectivity index (χ3v) is 5.26. The third kappa shape index (κ3) is 5.90. The van der Waals surface area contributed by atoms with E-state index in [0.717, 1.165) is 0 Å². The predicted octanol–water partition coefficient (Wildman–Crippen LogP) is 0.257. The fraction of sp³-hybridized carbons (Fsp3) is 0.923. The van der Waals surface area contributed by atoms with Crippen LogP contribution in [0.4, 0.5) is 0 Å². The van der Waals surface area contributed by atoms with Gasteiger partial charge in [0.2, 0.25) is 0 Å². The second-order valence-corrected chi connectivity index (χ2v) is 6.93. The van der Waals surface area contributed by atoms with Gasteiger partial charge in [0, 0.05) is 19.6 Å². The zero-order chi connectivity index (χ0) is 15.9.